The molecule has 0 aliphatic carbocycles. The number of fused-ring (bicyclic) bond motifs is 1. The van der Waals surface area contributed by atoms with Gasteiger partial charge in [0.15, 0.2) is 0 Å². The quantitative estimate of drug-likeness (QED) is 0.473. The lowest BCUT2D eigenvalue weighted by molar-refractivity contribution is -0.133. The van der Waals surface area contributed by atoms with Gasteiger partial charge in [-0.25, -0.2) is 4.98 Å². The number of benzene rings is 1. The summed E-state index contributed by atoms with van der Waals surface area (Å²) in [4.78, 5) is 18.2. The number of hydrogen-bond acceptors (Lipinski definition) is 4. The van der Waals surface area contributed by atoms with Gasteiger partial charge in [0.2, 0.25) is 0 Å². The lowest BCUT2D eigenvalue weighted by Crippen LogP contribution is -2.07. The molecule has 15 heavy (non-hydrogen) atoms. The van der Waals surface area contributed by atoms with Crippen LogP contribution in [-0.2, 0) is 4.79 Å². The normalized spacial score (nSPS) is 10.5. The van der Waals surface area contributed by atoms with E-state index in [1.165, 1.54) is 0 Å². The summed E-state index contributed by atoms with van der Waals surface area (Å²) in [7, 11) is 0. The standard InChI is InChI=1S/C10H10N2O2S/c13-10(3-4-15)14-7-1-2-8-9(5-7)12-6-11-8/h1-2,5-6,15H,3-4H2,(H,11,12). The summed E-state index contributed by atoms with van der Waals surface area (Å²) in [5.74, 6) is 0.743. The number of carbonyl (C=O) groups excluding carboxylic acids is 1. The van der Waals surface area contributed by atoms with Crippen LogP contribution in [0.3, 0.4) is 0 Å². The molecule has 0 amide bonds. The summed E-state index contributed by atoms with van der Waals surface area (Å²) < 4.78 is 5.10. The summed E-state index contributed by atoms with van der Waals surface area (Å²) in [6.45, 7) is 0. The number of H-pyrrole nitrogens is 1. The molecule has 2 aromatic rings. The molecular weight excluding hydrogens is 212 g/mol. The minimum absolute atomic E-state index is 0.274. The van der Waals surface area contributed by atoms with Gasteiger partial charge in [-0.05, 0) is 12.1 Å². The van der Waals surface area contributed by atoms with Crippen LogP contribution >= 0.6 is 12.6 Å². The third-order valence-electron chi connectivity index (χ3n) is 1.94. The van der Waals surface area contributed by atoms with Gasteiger partial charge in [-0.1, -0.05) is 0 Å². The third-order valence-corrected chi connectivity index (χ3v) is 2.16. The SMILES string of the molecule is O=C(CCS)Oc1ccc2nc[nH]c2c1. The molecule has 5 heteroatoms. The fourth-order valence-electron chi connectivity index (χ4n) is 1.25. The Bertz CT molecular complexity index is 481. The van der Waals surface area contributed by atoms with Gasteiger partial charge in [-0.15, -0.1) is 0 Å². The van der Waals surface area contributed by atoms with Crippen molar-refractivity contribution in [2.45, 2.75) is 6.42 Å². The van der Waals surface area contributed by atoms with Crippen molar-refractivity contribution in [2.75, 3.05) is 5.75 Å². The van der Waals surface area contributed by atoms with Crippen molar-refractivity contribution >= 4 is 29.6 Å². The molecular formula is C10H10N2O2S. The Kier molecular flexibility index (Phi) is 2.91. The van der Waals surface area contributed by atoms with E-state index in [2.05, 4.69) is 22.6 Å². The predicted octanol–water partition coefficient (Wildman–Crippen LogP) is 1.79. The molecule has 0 saturated carbocycles. The van der Waals surface area contributed by atoms with Crippen molar-refractivity contribution in [3.63, 3.8) is 0 Å². The second-order valence-electron chi connectivity index (χ2n) is 3.03. The Morgan fingerprint density at radius 2 is 2.40 bits per heavy atom. The van der Waals surface area contributed by atoms with E-state index in [0.717, 1.165) is 11.0 Å². The zero-order valence-electron chi connectivity index (χ0n) is 7.93. The summed E-state index contributed by atoms with van der Waals surface area (Å²) in [5, 5.41) is 0. The van der Waals surface area contributed by atoms with Crippen molar-refractivity contribution in [2.24, 2.45) is 0 Å². The molecule has 1 aromatic heterocycles. The van der Waals surface area contributed by atoms with E-state index in [1.807, 2.05) is 0 Å². The van der Waals surface area contributed by atoms with Gasteiger partial charge >= 0.3 is 5.97 Å². The smallest absolute Gasteiger partial charge is 0.312 e. The van der Waals surface area contributed by atoms with Gasteiger partial charge in [0.1, 0.15) is 5.75 Å². The van der Waals surface area contributed by atoms with Crippen LogP contribution in [0.2, 0.25) is 0 Å². The van der Waals surface area contributed by atoms with Crippen molar-refractivity contribution in [3.05, 3.63) is 24.5 Å². The summed E-state index contributed by atoms with van der Waals surface area (Å²) in [6, 6.07) is 5.27. The molecule has 0 spiro atoms. The highest BCUT2D eigenvalue weighted by atomic mass is 32.1. The minimum Gasteiger partial charge on any atom is -0.426 e. The van der Waals surface area contributed by atoms with E-state index in [1.54, 1.807) is 24.5 Å². The highest BCUT2D eigenvalue weighted by Crippen LogP contribution is 2.17. The molecule has 0 aliphatic heterocycles. The minimum atomic E-state index is -0.274. The topological polar surface area (TPSA) is 55.0 Å². The second-order valence-corrected chi connectivity index (χ2v) is 3.48. The van der Waals surface area contributed by atoms with E-state index in [0.29, 0.717) is 17.9 Å². The highest BCUT2D eigenvalue weighted by Gasteiger charge is 2.04. The van der Waals surface area contributed by atoms with Gasteiger partial charge in [0.25, 0.3) is 0 Å². The molecule has 0 fully saturated rings. The van der Waals surface area contributed by atoms with E-state index in [-0.39, 0.29) is 5.97 Å². The largest absolute Gasteiger partial charge is 0.426 e. The van der Waals surface area contributed by atoms with Crippen LogP contribution in [0.1, 0.15) is 6.42 Å². The van der Waals surface area contributed by atoms with E-state index in [9.17, 15) is 4.79 Å². The lowest BCUT2D eigenvalue weighted by atomic mass is 10.3. The molecule has 0 aliphatic rings. The number of imidazole rings is 1. The number of ether oxygens (including phenoxy) is 1. The lowest BCUT2D eigenvalue weighted by Gasteiger charge is -2.02. The van der Waals surface area contributed by atoms with Gasteiger partial charge in [0, 0.05) is 11.8 Å². The Balaban J connectivity index is 2.17. The first-order chi connectivity index (χ1) is 7.29. The number of aromatic nitrogens is 2. The van der Waals surface area contributed by atoms with Crippen LogP contribution in [0.4, 0.5) is 0 Å². The van der Waals surface area contributed by atoms with Crippen LogP contribution in [0, 0.1) is 0 Å². The maximum atomic E-state index is 11.2. The molecule has 4 nitrogen and oxygen atoms in total. The van der Waals surface area contributed by atoms with Crippen LogP contribution < -0.4 is 4.74 Å². The maximum absolute atomic E-state index is 11.2. The molecule has 0 atom stereocenters. The van der Waals surface area contributed by atoms with Crippen molar-refractivity contribution < 1.29 is 9.53 Å². The number of rotatable bonds is 3. The molecule has 1 N–H and O–H groups in total. The van der Waals surface area contributed by atoms with Gasteiger partial charge in [-0.3, -0.25) is 4.79 Å². The molecule has 1 aromatic carbocycles. The summed E-state index contributed by atoms with van der Waals surface area (Å²) in [6.07, 6.45) is 1.91. The number of nitrogens with zero attached hydrogens (tertiary/aromatic N) is 1. The molecule has 0 bridgehead atoms. The average Bonchev–Trinajstić information content (AvgIpc) is 2.65. The summed E-state index contributed by atoms with van der Waals surface area (Å²) >= 11 is 3.96. The second kappa shape index (κ2) is 4.35. The Morgan fingerprint density at radius 3 is 3.20 bits per heavy atom. The third kappa shape index (κ3) is 2.30. The average molecular weight is 222 g/mol. The molecule has 1 heterocycles. The highest BCUT2D eigenvalue weighted by molar-refractivity contribution is 7.80. The number of aromatic amines is 1. The number of nitrogens with one attached hydrogen (secondary N) is 1. The monoisotopic (exact) mass is 222 g/mol. The van der Waals surface area contributed by atoms with Gasteiger partial charge in [-0.2, -0.15) is 12.6 Å². The fourth-order valence-corrected chi connectivity index (χ4v) is 1.43. The molecule has 78 valence electrons. The molecule has 0 radical (unpaired) electrons. The number of hydrogen-bond donors (Lipinski definition) is 2. The molecule has 0 unspecified atom stereocenters. The van der Waals surface area contributed by atoms with Crippen LogP contribution in [0.15, 0.2) is 24.5 Å². The van der Waals surface area contributed by atoms with Crippen molar-refractivity contribution in [1.82, 2.24) is 9.97 Å². The zero-order valence-corrected chi connectivity index (χ0v) is 8.83. The first kappa shape index (κ1) is 10.0. The van der Waals surface area contributed by atoms with Crippen LogP contribution in [0.25, 0.3) is 11.0 Å². The maximum Gasteiger partial charge on any atom is 0.312 e. The van der Waals surface area contributed by atoms with Crippen LogP contribution in [0.5, 0.6) is 5.75 Å². The van der Waals surface area contributed by atoms with Gasteiger partial charge in [0.05, 0.1) is 23.8 Å². The van der Waals surface area contributed by atoms with E-state index >= 15 is 0 Å². The Hall–Kier alpha value is -1.49. The molecule has 2 rings (SSSR count). The van der Waals surface area contributed by atoms with Crippen molar-refractivity contribution in [1.29, 1.82) is 0 Å². The Labute approximate surface area is 92.1 Å². The van der Waals surface area contributed by atoms with E-state index < -0.39 is 0 Å². The molecule has 0 saturated heterocycles. The van der Waals surface area contributed by atoms with Crippen LogP contribution in [-0.4, -0.2) is 21.7 Å². The van der Waals surface area contributed by atoms with Gasteiger partial charge < -0.3 is 9.72 Å². The zero-order chi connectivity index (χ0) is 10.7. The number of esters is 1. The summed E-state index contributed by atoms with van der Waals surface area (Å²) in [5.41, 5.74) is 1.70. The number of carbonyl (C=O) groups is 1. The number of thiol groups is 1. The Morgan fingerprint density at radius 1 is 1.53 bits per heavy atom. The first-order valence-electron chi connectivity index (χ1n) is 4.54. The van der Waals surface area contributed by atoms with E-state index in [4.69, 9.17) is 4.74 Å². The predicted molar refractivity (Wildman–Crippen MR) is 60.2 cm³/mol. The first-order valence-corrected chi connectivity index (χ1v) is 5.17. The fraction of sp³-hybridized carbons (Fsp3) is 0.200. The van der Waals surface area contributed by atoms with Crippen molar-refractivity contribution in [3.8, 4) is 5.75 Å².